The third kappa shape index (κ3) is 5.43. The zero-order valence-corrected chi connectivity index (χ0v) is 22.3. The summed E-state index contributed by atoms with van der Waals surface area (Å²) in [6.07, 6.45) is -2.93. The van der Waals surface area contributed by atoms with Crippen LogP contribution in [-0.4, -0.2) is 42.2 Å². The van der Waals surface area contributed by atoms with Gasteiger partial charge in [0.25, 0.3) is 11.8 Å². The Bertz CT molecular complexity index is 1860. The number of rotatable bonds is 7. The van der Waals surface area contributed by atoms with Crippen molar-refractivity contribution in [2.45, 2.75) is 38.0 Å². The van der Waals surface area contributed by atoms with Gasteiger partial charge in [-0.2, -0.15) is 23.3 Å². The second-order valence-corrected chi connectivity index (χ2v) is 10.2. The molecule has 220 valence electrons. The smallest absolute Gasteiger partial charge is 0.339 e. The first-order valence-electron chi connectivity index (χ1n) is 13.0. The van der Waals surface area contributed by atoms with Crippen molar-refractivity contribution in [2.24, 2.45) is 0 Å². The molecule has 43 heavy (non-hydrogen) atoms. The van der Waals surface area contributed by atoms with Gasteiger partial charge >= 0.3 is 6.18 Å². The van der Waals surface area contributed by atoms with E-state index in [9.17, 15) is 27.2 Å². The Hall–Kier alpha value is -5.14. The minimum Gasteiger partial charge on any atom is -0.339 e. The molecule has 0 saturated heterocycles. The van der Waals surface area contributed by atoms with E-state index in [1.54, 1.807) is 47.9 Å². The van der Waals surface area contributed by atoms with Crippen molar-refractivity contribution >= 4 is 22.7 Å². The number of amides is 2. The Balaban J connectivity index is 1.19. The van der Waals surface area contributed by atoms with Gasteiger partial charge in [0.1, 0.15) is 11.4 Å². The minimum atomic E-state index is -4.71. The number of carbonyl (C=O) groups is 2. The normalized spacial score (nSPS) is 14.1. The number of aromatic nitrogens is 4. The molecule has 0 radical (unpaired) electrons. The number of alkyl halides is 3. The highest BCUT2D eigenvalue weighted by molar-refractivity contribution is 6.00. The molecule has 1 saturated carbocycles. The molecule has 0 bridgehead atoms. The monoisotopic (exact) mass is 596 g/mol. The van der Waals surface area contributed by atoms with Gasteiger partial charge in [0.2, 0.25) is 11.7 Å². The minimum absolute atomic E-state index is 0.0337. The standard InChI is InChI=1S/C29H21F5N6O3/c1-16-36-25(38-43-16)24-12-18-11-21(30)4-7-23(18)40(24)22-5-2-17(3-6-22)15-39(34)27(42)28(8-9-28)37-26(41)19-10-20(14-35-13-19)29(31,32)33/h2-7,10-14H,8-9,15H2,1H3,(H,37,41). The number of nitrogens with zero attached hydrogens (tertiary/aromatic N) is 5. The van der Waals surface area contributed by atoms with Crippen LogP contribution in [0, 0.1) is 12.7 Å². The molecule has 3 aromatic heterocycles. The van der Waals surface area contributed by atoms with Crippen LogP contribution >= 0.6 is 0 Å². The Morgan fingerprint density at radius 1 is 1.07 bits per heavy atom. The highest BCUT2D eigenvalue weighted by Gasteiger charge is 2.53. The largest absolute Gasteiger partial charge is 0.417 e. The van der Waals surface area contributed by atoms with E-state index in [1.807, 2.05) is 0 Å². The van der Waals surface area contributed by atoms with E-state index in [0.717, 1.165) is 6.20 Å². The first-order valence-corrected chi connectivity index (χ1v) is 13.0. The van der Waals surface area contributed by atoms with Gasteiger partial charge in [0, 0.05) is 30.4 Å². The Labute approximate surface area is 239 Å². The maximum atomic E-state index is 15.1. The van der Waals surface area contributed by atoms with Crippen LogP contribution in [0.1, 0.15) is 40.2 Å². The summed E-state index contributed by atoms with van der Waals surface area (Å²) >= 11 is 0. The zero-order valence-electron chi connectivity index (χ0n) is 22.3. The van der Waals surface area contributed by atoms with E-state index in [1.165, 1.54) is 12.1 Å². The third-order valence-electron chi connectivity index (χ3n) is 7.10. The topological polar surface area (TPSA) is 106 Å². The number of hydrogen-bond donors (Lipinski definition) is 1. The Morgan fingerprint density at radius 3 is 2.47 bits per heavy atom. The van der Waals surface area contributed by atoms with E-state index >= 15 is 4.48 Å². The molecule has 2 aromatic carbocycles. The average Bonchev–Trinajstić information content (AvgIpc) is 3.46. The van der Waals surface area contributed by atoms with Crippen molar-refractivity contribution in [1.29, 1.82) is 0 Å². The van der Waals surface area contributed by atoms with E-state index in [0.29, 0.717) is 46.0 Å². The summed E-state index contributed by atoms with van der Waals surface area (Å²) in [5.41, 5.74) is -0.830. The van der Waals surface area contributed by atoms with Gasteiger partial charge in [-0.05, 0) is 60.9 Å². The van der Waals surface area contributed by atoms with E-state index in [4.69, 9.17) is 4.52 Å². The highest BCUT2D eigenvalue weighted by Crippen LogP contribution is 2.38. The van der Waals surface area contributed by atoms with Gasteiger partial charge in [-0.1, -0.05) is 21.8 Å². The molecule has 1 N–H and O–H groups in total. The van der Waals surface area contributed by atoms with Crippen molar-refractivity contribution in [3.8, 4) is 17.2 Å². The number of hydrogen-bond acceptors (Lipinski definition) is 6. The van der Waals surface area contributed by atoms with E-state index < -0.39 is 47.0 Å². The molecule has 1 aliphatic carbocycles. The summed E-state index contributed by atoms with van der Waals surface area (Å²) in [7, 11) is 0. The SMILES string of the molecule is Cc1nc(-c2cc3cc(F)ccc3n2-c2ccc(CN(F)C(=O)C3(NC(=O)c4cncc(C(F)(F)F)c4)CC3)cc2)no1. The molecule has 14 heteroatoms. The predicted molar refractivity (Wildman–Crippen MR) is 142 cm³/mol. The molecule has 0 spiro atoms. The van der Waals surface area contributed by atoms with E-state index in [2.05, 4.69) is 20.4 Å². The number of carbonyl (C=O) groups excluding carboxylic acids is 2. The van der Waals surface area contributed by atoms with Crippen LogP contribution in [0.15, 0.2) is 71.5 Å². The van der Waals surface area contributed by atoms with Crippen LogP contribution in [0.3, 0.4) is 0 Å². The van der Waals surface area contributed by atoms with Crippen LogP contribution in [0.2, 0.25) is 0 Å². The zero-order chi connectivity index (χ0) is 30.5. The van der Waals surface area contributed by atoms with Crippen LogP contribution in [-0.2, 0) is 17.5 Å². The molecule has 9 nitrogen and oxygen atoms in total. The van der Waals surface area contributed by atoms with Gasteiger partial charge < -0.3 is 14.4 Å². The summed E-state index contributed by atoms with van der Waals surface area (Å²) in [6.45, 7) is 1.19. The lowest BCUT2D eigenvalue weighted by Gasteiger charge is -2.21. The summed E-state index contributed by atoms with van der Waals surface area (Å²) < 4.78 is 75.0. The summed E-state index contributed by atoms with van der Waals surface area (Å²) in [6, 6.07) is 13.2. The van der Waals surface area contributed by atoms with Gasteiger partial charge in [0.15, 0.2) is 0 Å². The van der Waals surface area contributed by atoms with Crippen LogP contribution in [0.25, 0.3) is 28.1 Å². The summed E-state index contributed by atoms with van der Waals surface area (Å²) in [5.74, 6) is -1.76. The molecule has 1 aliphatic rings. The predicted octanol–water partition coefficient (Wildman–Crippen LogP) is 5.72. The maximum Gasteiger partial charge on any atom is 0.417 e. The molecule has 2 amide bonds. The van der Waals surface area contributed by atoms with Crippen LogP contribution < -0.4 is 5.32 Å². The number of aryl methyl sites for hydroxylation is 1. The first-order chi connectivity index (χ1) is 20.4. The number of pyridine rings is 1. The molecule has 0 atom stereocenters. The molecule has 0 unspecified atom stereocenters. The second kappa shape index (κ2) is 10.3. The molecular weight excluding hydrogens is 575 g/mol. The van der Waals surface area contributed by atoms with Gasteiger partial charge in [-0.25, -0.2) is 4.39 Å². The summed E-state index contributed by atoms with van der Waals surface area (Å²) in [5, 5.41) is 6.91. The lowest BCUT2D eigenvalue weighted by Crippen LogP contribution is -2.48. The number of benzene rings is 2. The highest BCUT2D eigenvalue weighted by atomic mass is 19.4. The van der Waals surface area contributed by atoms with Crippen molar-refractivity contribution in [3.05, 3.63) is 95.4 Å². The maximum absolute atomic E-state index is 15.1. The van der Waals surface area contributed by atoms with Crippen molar-refractivity contribution in [2.75, 3.05) is 0 Å². The lowest BCUT2D eigenvalue weighted by molar-refractivity contribution is -0.151. The van der Waals surface area contributed by atoms with Crippen molar-refractivity contribution < 1.29 is 36.2 Å². The molecule has 5 aromatic rings. The molecule has 6 rings (SSSR count). The quantitative estimate of drug-likeness (QED) is 0.190. The molecular formula is C29H21F5N6O3. The number of halogens is 5. The fraction of sp³-hybridized carbons (Fsp3) is 0.207. The second-order valence-electron chi connectivity index (χ2n) is 10.2. The van der Waals surface area contributed by atoms with Crippen molar-refractivity contribution in [3.63, 3.8) is 0 Å². The van der Waals surface area contributed by atoms with Gasteiger partial charge in [-0.15, -0.1) is 0 Å². The van der Waals surface area contributed by atoms with E-state index in [-0.39, 0.29) is 23.8 Å². The number of fused-ring (bicyclic) bond motifs is 1. The molecule has 3 heterocycles. The van der Waals surface area contributed by atoms with Crippen molar-refractivity contribution in [1.82, 2.24) is 30.1 Å². The van der Waals surface area contributed by atoms with Crippen LogP contribution in [0.5, 0.6) is 0 Å². The fourth-order valence-electron chi connectivity index (χ4n) is 4.77. The van der Waals surface area contributed by atoms with Gasteiger partial charge in [-0.3, -0.25) is 14.6 Å². The third-order valence-corrected chi connectivity index (χ3v) is 7.10. The number of nitrogens with one attached hydrogen (secondary N) is 1. The first kappa shape index (κ1) is 28.0. The average molecular weight is 597 g/mol. The van der Waals surface area contributed by atoms with Gasteiger partial charge in [0.05, 0.1) is 28.9 Å². The molecule has 1 fully saturated rings. The Kier molecular flexibility index (Phi) is 6.70. The molecule has 0 aliphatic heterocycles. The summed E-state index contributed by atoms with van der Waals surface area (Å²) in [4.78, 5) is 33.3. The Morgan fingerprint density at radius 2 is 1.81 bits per heavy atom. The lowest BCUT2D eigenvalue weighted by atomic mass is 10.1. The van der Waals surface area contributed by atoms with Crippen LogP contribution in [0.4, 0.5) is 22.0 Å². The fourth-order valence-corrected chi connectivity index (χ4v) is 4.77.